The van der Waals surface area contributed by atoms with Gasteiger partial charge in [0.15, 0.2) is 0 Å². The molecule has 0 spiro atoms. The highest BCUT2D eigenvalue weighted by molar-refractivity contribution is 6.17. The summed E-state index contributed by atoms with van der Waals surface area (Å²) in [5.41, 5.74) is 4.12. The molecular weight excluding hydrogens is 368 g/mol. The Hall–Kier alpha value is -3.29. The number of carbonyl (C=O) groups is 2. The van der Waals surface area contributed by atoms with Crippen molar-refractivity contribution in [1.29, 1.82) is 0 Å². The number of nitrogens with one attached hydrogen (secondary N) is 1. The molecule has 0 atom stereocenters. The summed E-state index contributed by atoms with van der Waals surface area (Å²) < 4.78 is 34.7. The minimum atomic E-state index is -1.28. The molecule has 1 saturated carbocycles. The number of fused-ring (bicyclic) bond motifs is 1. The number of amides is 1. The van der Waals surface area contributed by atoms with Gasteiger partial charge in [-0.15, -0.1) is 0 Å². The lowest BCUT2D eigenvalue weighted by Gasteiger charge is -2.12. The van der Waals surface area contributed by atoms with E-state index in [0.717, 1.165) is 37.8 Å². The second-order valence-electron chi connectivity index (χ2n) is 6.77. The zero-order valence-electron chi connectivity index (χ0n) is 14.8. The van der Waals surface area contributed by atoms with Gasteiger partial charge in [0.25, 0.3) is 5.91 Å². The van der Waals surface area contributed by atoms with E-state index in [1.165, 1.54) is 6.20 Å². The van der Waals surface area contributed by atoms with Crippen LogP contribution in [0.15, 0.2) is 30.6 Å². The molecule has 144 valence electrons. The normalized spacial score (nSPS) is 14.5. The van der Waals surface area contributed by atoms with Crippen LogP contribution in [0.1, 0.15) is 52.0 Å². The van der Waals surface area contributed by atoms with Gasteiger partial charge in [-0.1, -0.05) is 0 Å². The maximum Gasteiger partial charge on any atom is 0.251 e. The molecule has 6 nitrogen and oxygen atoms in total. The van der Waals surface area contributed by atoms with Gasteiger partial charge in [0.1, 0.15) is 23.0 Å². The van der Waals surface area contributed by atoms with E-state index in [-0.39, 0.29) is 11.7 Å². The Morgan fingerprint density at radius 1 is 1.18 bits per heavy atom. The molecule has 0 aliphatic heterocycles. The second-order valence-corrected chi connectivity index (χ2v) is 6.77. The molecule has 1 aromatic carbocycles. The molecule has 3 N–H and O–H groups in total. The summed E-state index contributed by atoms with van der Waals surface area (Å²) >= 11 is 0. The number of aromatic amines is 1. The molecule has 2 aromatic heterocycles. The minimum absolute atomic E-state index is 0.0267. The molecular formula is C20H17F2N3O3. The number of primary amides is 1. The highest BCUT2D eigenvalue weighted by Gasteiger charge is 2.26. The van der Waals surface area contributed by atoms with E-state index in [9.17, 15) is 18.4 Å². The first-order chi connectivity index (χ1) is 13.5. The highest BCUT2D eigenvalue weighted by Crippen LogP contribution is 2.29. The number of rotatable bonds is 5. The predicted octanol–water partition coefficient (Wildman–Crippen LogP) is 3.49. The van der Waals surface area contributed by atoms with Crippen molar-refractivity contribution in [3.63, 3.8) is 0 Å². The maximum absolute atomic E-state index is 14.6. The van der Waals surface area contributed by atoms with Crippen LogP contribution in [-0.2, 0) is 0 Å². The summed E-state index contributed by atoms with van der Waals surface area (Å²) in [7, 11) is 0. The van der Waals surface area contributed by atoms with Crippen LogP contribution in [0, 0.1) is 11.6 Å². The van der Waals surface area contributed by atoms with E-state index in [1.54, 1.807) is 12.3 Å². The molecule has 4 rings (SSSR count). The van der Waals surface area contributed by atoms with Crippen molar-refractivity contribution < 1.29 is 23.1 Å². The van der Waals surface area contributed by atoms with Crippen LogP contribution in [0.4, 0.5) is 8.78 Å². The number of hydrogen-bond donors (Lipinski definition) is 2. The molecule has 28 heavy (non-hydrogen) atoms. The Bertz CT molecular complexity index is 1090. The largest absolute Gasteiger partial charge is 0.489 e. The van der Waals surface area contributed by atoms with Gasteiger partial charge in [0, 0.05) is 17.1 Å². The Morgan fingerprint density at radius 2 is 1.93 bits per heavy atom. The molecule has 3 aromatic rings. The van der Waals surface area contributed by atoms with Crippen molar-refractivity contribution in [3.8, 4) is 5.75 Å². The number of pyridine rings is 1. The van der Waals surface area contributed by atoms with Crippen molar-refractivity contribution >= 4 is 22.7 Å². The van der Waals surface area contributed by atoms with Gasteiger partial charge in [-0.25, -0.2) is 13.8 Å². The van der Waals surface area contributed by atoms with Crippen LogP contribution in [-0.4, -0.2) is 27.8 Å². The Labute approximate surface area is 158 Å². The zero-order chi connectivity index (χ0) is 19.8. The molecule has 2 heterocycles. The maximum atomic E-state index is 14.6. The van der Waals surface area contributed by atoms with Crippen LogP contribution in [0.5, 0.6) is 5.75 Å². The number of benzene rings is 1. The fourth-order valence-corrected chi connectivity index (χ4v) is 3.52. The van der Waals surface area contributed by atoms with Crippen molar-refractivity contribution in [2.45, 2.75) is 31.8 Å². The number of nitrogens with two attached hydrogens (primary N) is 1. The van der Waals surface area contributed by atoms with E-state index < -0.39 is 34.5 Å². The number of nitrogens with zero attached hydrogens (tertiary/aromatic N) is 1. The van der Waals surface area contributed by atoms with E-state index in [2.05, 4.69) is 9.97 Å². The first-order valence-corrected chi connectivity index (χ1v) is 8.92. The minimum Gasteiger partial charge on any atom is -0.489 e. The van der Waals surface area contributed by atoms with E-state index >= 15 is 0 Å². The number of halogens is 2. The summed E-state index contributed by atoms with van der Waals surface area (Å²) in [6, 6.07) is 3.38. The number of ketones is 1. The van der Waals surface area contributed by atoms with Crippen LogP contribution in [0.3, 0.4) is 0 Å². The zero-order valence-corrected chi connectivity index (χ0v) is 14.8. The fraction of sp³-hybridized carbons (Fsp3) is 0.250. The van der Waals surface area contributed by atoms with Crippen LogP contribution >= 0.6 is 0 Å². The summed E-state index contributed by atoms with van der Waals surface area (Å²) in [5.74, 6) is -3.87. The van der Waals surface area contributed by atoms with Gasteiger partial charge in [-0.05, 0) is 43.9 Å². The summed E-state index contributed by atoms with van der Waals surface area (Å²) in [6.07, 6.45) is 7.07. The number of hydrogen-bond acceptors (Lipinski definition) is 4. The topological polar surface area (TPSA) is 98.1 Å². The second kappa shape index (κ2) is 7.03. The average Bonchev–Trinajstić information content (AvgIpc) is 3.30. The number of ether oxygens (including phenoxy) is 1. The van der Waals surface area contributed by atoms with Gasteiger partial charge in [0.05, 0.1) is 23.4 Å². The number of carbonyl (C=O) groups excluding carboxylic acids is 2. The lowest BCUT2D eigenvalue weighted by Crippen LogP contribution is -2.17. The molecule has 0 bridgehead atoms. The van der Waals surface area contributed by atoms with Crippen LogP contribution in [0.2, 0.25) is 0 Å². The molecule has 0 radical (unpaired) electrons. The van der Waals surface area contributed by atoms with E-state index in [4.69, 9.17) is 10.5 Å². The lowest BCUT2D eigenvalue weighted by atomic mass is 9.99. The molecule has 1 aliphatic carbocycles. The Morgan fingerprint density at radius 3 is 2.64 bits per heavy atom. The number of H-pyrrole nitrogens is 1. The fourth-order valence-electron chi connectivity index (χ4n) is 3.52. The summed E-state index contributed by atoms with van der Waals surface area (Å²) in [6.45, 7) is 0. The monoisotopic (exact) mass is 385 g/mol. The summed E-state index contributed by atoms with van der Waals surface area (Å²) in [4.78, 5) is 31.2. The first-order valence-electron chi connectivity index (χ1n) is 8.92. The molecule has 0 unspecified atom stereocenters. The Balaban J connectivity index is 1.75. The van der Waals surface area contributed by atoms with Crippen LogP contribution in [0.25, 0.3) is 11.0 Å². The predicted molar refractivity (Wildman–Crippen MR) is 97.3 cm³/mol. The van der Waals surface area contributed by atoms with Gasteiger partial charge >= 0.3 is 0 Å². The smallest absolute Gasteiger partial charge is 0.251 e. The summed E-state index contributed by atoms with van der Waals surface area (Å²) in [5, 5.41) is 0.378. The third kappa shape index (κ3) is 3.11. The van der Waals surface area contributed by atoms with Crippen LogP contribution < -0.4 is 10.5 Å². The SMILES string of the molecule is NC(=O)c1ccc(F)c(C(=O)c2c[nH]c3ncc(OC4CCCC4)cc23)c1F. The van der Waals surface area contributed by atoms with Gasteiger partial charge < -0.3 is 15.5 Å². The third-order valence-corrected chi connectivity index (χ3v) is 4.94. The first kappa shape index (κ1) is 18.1. The third-order valence-electron chi connectivity index (χ3n) is 4.94. The molecule has 0 saturated heterocycles. The molecule has 8 heteroatoms. The van der Waals surface area contributed by atoms with Gasteiger partial charge in [-0.3, -0.25) is 9.59 Å². The molecule has 1 aliphatic rings. The number of aromatic nitrogens is 2. The highest BCUT2D eigenvalue weighted by atomic mass is 19.1. The van der Waals surface area contributed by atoms with Crippen molar-refractivity contribution in [3.05, 3.63) is 58.9 Å². The van der Waals surface area contributed by atoms with Gasteiger partial charge in [0.2, 0.25) is 5.78 Å². The van der Waals surface area contributed by atoms with Crippen molar-refractivity contribution in [2.75, 3.05) is 0 Å². The standard InChI is InChI=1S/C20H17F2N3O3/c21-15-6-5-12(19(23)27)17(22)16(15)18(26)14-9-25-20-13(14)7-11(8-24-20)28-10-3-1-2-4-10/h5-10H,1-4H2,(H2,23,27)(H,24,25). The average molecular weight is 385 g/mol. The quantitative estimate of drug-likeness (QED) is 0.657. The Kier molecular flexibility index (Phi) is 4.54. The van der Waals surface area contributed by atoms with E-state index in [0.29, 0.717) is 16.8 Å². The lowest BCUT2D eigenvalue weighted by molar-refractivity contribution is 0.0996. The molecule has 1 fully saturated rings. The molecule has 1 amide bonds. The van der Waals surface area contributed by atoms with E-state index in [1.807, 2.05) is 0 Å². The van der Waals surface area contributed by atoms with Crippen molar-refractivity contribution in [1.82, 2.24) is 9.97 Å². The van der Waals surface area contributed by atoms with Crippen molar-refractivity contribution in [2.24, 2.45) is 5.73 Å². The van der Waals surface area contributed by atoms with Gasteiger partial charge in [-0.2, -0.15) is 0 Å².